The van der Waals surface area contributed by atoms with E-state index in [0.29, 0.717) is 0 Å². The summed E-state index contributed by atoms with van der Waals surface area (Å²) in [7, 11) is 4.23. The van der Waals surface area contributed by atoms with Crippen molar-refractivity contribution >= 4 is 22.1 Å². The minimum absolute atomic E-state index is 1.06. The zero-order chi connectivity index (χ0) is 16.5. The predicted molar refractivity (Wildman–Crippen MR) is 95.5 cm³/mol. The molecule has 4 nitrogen and oxygen atoms in total. The van der Waals surface area contributed by atoms with Crippen LogP contribution in [0.15, 0.2) is 61.2 Å². The van der Waals surface area contributed by atoms with Crippen molar-refractivity contribution in [3.63, 3.8) is 0 Å². The Hall–Kier alpha value is -2.62. The highest BCUT2D eigenvalue weighted by molar-refractivity contribution is 5.71. The summed E-state index contributed by atoms with van der Waals surface area (Å²) in [5.74, 6) is 0. The van der Waals surface area contributed by atoms with Gasteiger partial charge in [0.25, 0.3) is 0 Å². The first-order chi connectivity index (χ1) is 11.7. The molecule has 2 aromatic carbocycles. The van der Waals surface area contributed by atoms with E-state index in [-0.39, 0.29) is 0 Å². The second kappa shape index (κ2) is 6.11. The van der Waals surface area contributed by atoms with Gasteiger partial charge in [0.05, 0.1) is 27.2 Å². The van der Waals surface area contributed by atoms with Crippen LogP contribution in [0.1, 0.15) is 12.8 Å². The van der Waals surface area contributed by atoms with Crippen LogP contribution in [0.25, 0.3) is 22.1 Å². The number of aryl methyl sites for hydroxylation is 4. The van der Waals surface area contributed by atoms with Gasteiger partial charge in [-0.3, -0.25) is 0 Å². The molecular formula is C20H24N4+2. The summed E-state index contributed by atoms with van der Waals surface area (Å²) >= 11 is 0. The fourth-order valence-corrected chi connectivity index (χ4v) is 3.60. The molecule has 122 valence electrons. The number of unbranched alkanes of at least 4 members (excludes halogenated alkanes) is 1. The van der Waals surface area contributed by atoms with Crippen LogP contribution in [0.4, 0.5) is 0 Å². The Labute approximate surface area is 142 Å². The third kappa shape index (κ3) is 2.58. The van der Waals surface area contributed by atoms with Crippen molar-refractivity contribution in [3.05, 3.63) is 61.2 Å². The minimum atomic E-state index is 1.06. The summed E-state index contributed by atoms with van der Waals surface area (Å²) in [4.78, 5) is 0. The summed E-state index contributed by atoms with van der Waals surface area (Å²) in [5.41, 5.74) is 5.22. The molecule has 0 aliphatic heterocycles. The smallest absolute Gasteiger partial charge is 0.233 e. The van der Waals surface area contributed by atoms with E-state index in [1.54, 1.807) is 0 Å². The number of hydrogen-bond donors (Lipinski definition) is 0. The fourth-order valence-electron chi connectivity index (χ4n) is 3.60. The molecular weight excluding hydrogens is 296 g/mol. The van der Waals surface area contributed by atoms with Crippen molar-refractivity contribution in [1.29, 1.82) is 0 Å². The fraction of sp³-hybridized carbons (Fsp3) is 0.300. The standard InChI is InChI=1S/C20H24N4/c1-21-15-23(19-11-5-3-9-17(19)21)13-7-8-14-24-16-22(2)18-10-4-6-12-20(18)24/h3-6,9-12,15-16H,7-8,13-14H2,1-2H3/q+2. The molecule has 0 amide bonds. The lowest BCUT2D eigenvalue weighted by atomic mass is 10.2. The third-order valence-electron chi connectivity index (χ3n) is 4.82. The monoisotopic (exact) mass is 320 g/mol. The van der Waals surface area contributed by atoms with E-state index < -0.39 is 0 Å². The van der Waals surface area contributed by atoms with Gasteiger partial charge in [-0.05, 0) is 37.1 Å². The van der Waals surface area contributed by atoms with Gasteiger partial charge in [0.2, 0.25) is 12.7 Å². The van der Waals surface area contributed by atoms with E-state index in [1.807, 2.05) is 0 Å². The lowest BCUT2D eigenvalue weighted by Crippen LogP contribution is -2.35. The van der Waals surface area contributed by atoms with Crippen LogP contribution in [0.2, 0.25) is 0 Å². The molecule has 0 fully saturated rings. The van der Waals surface area contributed by atoms with Gasteiger partial charge in [0, 0.05) is 0 Å². The van der Waals surface area contributed by atoms with Crippen LogP contribution in [0.3, 0.4) is 0 Å². The molecule has 4 heteroatoms. The van der Waals surface area contributed by atoms with Crippen LogP contribution < -0.4 is 9.13 Å². The highest BCUT2D eigenvalue weighted by Crippen LogP contribution is 2.10. The lowest BCUT2D eigenvalue weighted by molar-refractivity contribution is -0.683. The molecule has 4 aromatic rings. The van der Waals surface area contributed by atoms with Crippen LogP contribution in [0, 0.1) is 0 Å². The number of hydrogen-bond acceptors (Lipinski definition) is 0. The van der Waals surface area contributed by atoms with Crippen LogP contribution in [-0.4, -0.2) is 9.13 Å². The van der Waals surface area contributed by atoms with Crippen molar-refractivity contribution in [2.45, 2.75) is 25.9 Å². The maximum absolute atomic E-state index is 2.36. The van der Waals surface area contributed by atoms with Gasteiger partial charge in [-0.25, -0.2) is 18.3 Å². The van der Waals surface area contributed by atoms with E-state index in [0.717, 1.165) is 13.1 Å². The zero-order valence-corrected chi connectivity index (χ0v) is 14.4. The quantitative estimate of drug-likeness (QED) is 0.397. The number of nitrogens with zero attached hydrogens (tertiary/aromatic N) is 4. The molecule has 0 saturated carbocycles. The Morgan fingerprint density at radius 2 is 1.08 bits per heavy atom. The molecule has 0 N–H and O–H groups in total. The van der Waals surface area contributed by atoms with Crippen LogP contribution >= 0.6 is 0 Å². The SMILES string of the molecule is Cn1c[n+](CCCC[n+]2cn(C)c3ccccc32)c2ccccc21. The normalized spacial score (nSPS) is 11.6. The summed E-state index contributed by atoms with van der Waals surface area (Å²) < 4.78 is 9.13. The lowest BCUT2D eigenvalue weighted by Gasteiger charge is -1.99. The second-order valence-corrected chi connectivity index (χ2v) is 6.52. The summed E-state index contributed by atoms with van der Waals surface area (Å²) in [6, 6.07) is 17.2. The van der Waals surface area contributed by atoms with Crippen LogP contribution in [0.5, 0.6) is 0 Å². The molecule has 0 aliphatic rings. The third-order valence-corrected chi connectivity index (χ3v) is 4.82. The Morgan fingerprint density at radius 1 is 0.667 bits per heavy atom. The van der Waals surface area contributed by atoms with E-state index in [9.17, 15) is 0 Å². The summed E-state index contributed by atoms with van der Waals surface area (Å²) in [5, 5.41) is 0. The molecule has 0 bridgehead atoms. The molecule has 0 saturated heterocycles. The molecule has 4 rings (SSSR count). The highest BCUT2D eigenvalue weighted by atomic mass is 15.1. The Morgan fingerprint density at radius 3 is 1.54 bits per heavy atom. The largest absolute Gasteiger partial charge is 0.244 e. The number of benzene rings is 2. The Balaban J connectivity index is 1.44. The van der Waals surface area contributed by atoms with E-state index in [2.05, 4.69) is 93.5 Å². The summed E-state index contributed by atoms with van der Waals surface area (Å²) in [6.07, 6.45) is 6.76. The highest BCUT2D eigenvalue weighted by Gasteiger charge is 2.13. The first-order valence-electron chi connectivity index (χ1n) is 8.61. The van der Waals surface area contributed by atoms with Crippen molar-refractivity contribution in [1.82, 2.24) is 9.13 Å². The topological polar surface area (TPSA) is 17.6 Å². The van der Waals surface area contributed by atoms with Gasteiger partial charge < -0.3 is 0 Å². The molecule has 24 heavy (non-hydrogen) atoms. The van der Waals surface area contributed by atoms with Crippen molar-refractivity contribution in [3.8, 4) is 0 Å². The van der Waals surface area contributed by atoms with Crippen molar-refractivity contribution in [2.24, 2.45) is 14.1 Å². The average Bonchev–Trinajstić information content (AvgIpc) is 3.10. The van der Waals surface area contributed by atoms with Crippen molar-refractivity contribution in [2.75, 3.05) is 0 Å². The van der Waals surface area contributed by atoms with Gasteiger partial charge in [-0.2, -0.15) is 0 Å². The number of aromatic nitrogens is 4. The molecule has 0 radical (unpaired) electrons. The first kappa shape index (κ1) is 14.9. The molecule has 2 heterocycles. The number of imidazole rings is 2. The average molecular weight is 320 g/mol. The maximum atomic E-state index is 2.36. The van der Waals surface area contributed by atoms with E-state index in [4.69, 9.17) is 0 Å². The Bertz CT molecular complexity index is 911. The first-order valence-corrected chi connectivity index (χ1v) is 8.61. The van der Waals surface area contributed by atoms with Gasteiger partial charge in [0.15, 0.2) is 22.1 Å². The van der Waals surface area contributed by atoms with Crippen molar-refractivity contribution < 1.29 is 9.13 Å². The molecule has 2 aromatic heterocycles. The number of rotatable bonds is 5. The Kier molecular flexibility index (Phi) is 3.81. The van der Waals surface area contributed by atoms with E-state index in [1.165, 1.54) is 34.9 Å². The summed E-state index contributed by atoms with van der Waals surface area (Å²) in [6.45, 7) is 2.12. The molecule has 0 aliphatic carbocycles. The van der Waals surface area contributed by atoms with Gasteiger partial charge in [-0.15, -0.1) is 0 Å². The number of fused-ring (bicyclic) bond motifs is 2. The van der Waals surface area contributed by atoms with E-state index >= 15 is 0 Å². The van der Waals surface area contributed by atoms with Crippen LogP contribution in [-0.2, 0) is 27.2 Å². The molecule has 0 spiro atoms. The van der Waals surface area contributed by atoms with Gasteiger partial charge in [0.1, 0.15) is 0 Å². The second-order valence-electron chi connectivity index (χ2n) is 6.52. The zero-order valence-electron chi connectivity index (χ0n) is 14.4. The maximum Gasteiger partial charge on any atom is 0.244 e. The minimum Gasteiger partial charge on any atom is -0.233 e. The predicted octanol–water partition coefficient (Wildman–Crippen LogP) is 2.73. The van der Waals surface area contributed by atoms with Gasteiger partial charge >= 0.3 is 0 Å². The van der Waals surface area contributed by atoms with Gasteiger partial charge in [-0.1, -0.05) is 24.3 Å². The number of para-hydroxylation sites is 4. The molecule has 0 atom stereocenters. The molecule has 0 unspecified atom stereocenters.